The van der Waals surface area contributed by atoms with Gasteiger partial charge in [0.05, 0.1) is 0 Å². The number of hydrogen-bond acceptors (Lipinski definition) is 2. The van der Waals surface area contributed by atoms with Gasteiger partial charge in [0.1, 0.15) is 6.17 Å². The van der Waals surface area contributed by atoms with Crippen molar-refractivity contribution in [3.05, 3.63) is 12.4 Å². The summed E-state index contributed by atoms with van der Waals surface area (Å²) in [5.74, 6) is 0. The number of rotatable bonds is 37. The summed E-state index contributed by atoms with van der Waals surface area (Å²) in [7, 11) is 0. The van der Waals surface area contributed by atoms with Crippen molar-refractivity contribution in [1.29, 1.82) is 0 Å². The molecule has 0 aromatic carbocycles. The van der Waals surface area contributed by atoms with Crippen LogP contribution < -0.4 is 0 Å². The summed E-state index contributed by atoms with van der Waals surface area (Å²) in [6.45, 7) is 9.49. The summed E-state index contributed by atoms with van der Waals surface area (Å²) in [6, 6.07) is 0. The Hall–Kier alpha value is -0.660. The van der Waals surface area contributed by atoms with Crippen molar-refractivity contribution < 1.29 is 0 Å². The van der Waals surface area contributed by atoms with Gasteiger partial charge < -0.3 is 9.80 Å². The van der Waals surface area contributed by atoms with Crippen LogP contribution in [0, 0.1) is 0 Å². The van der Waals surface area contributed by atoms with Crippen LogP contribution in [0.3, 0.4) is 0 Å². The van der Waals surface area contributed by atoms with Gasteiger partial charge in [-0.2, -0.15) is 0 Å². The molecule has 0 aliphatic carbocycles. The Balaban J connectivity index is 2.05. The molecule has 0 fully saturated rings. The van der Waals surface area contributed by atoms with Gasteiger partial charge in [0.15, 0.2) is 0 Å². The van der Waals surface area contributed by atoms with E-state index in [4.69, 9.17) is 0 Å². The first-order valence-electron chi connectivity index (χ1n) is 21.5. The fourth-order valence-corrected chi connectivity index (χ4v) is 7.42. The highest BCUT2D eigenvalue weighted by molar-refractivity contribution is 4.97. The van der Waals surface area contributed by atoms with Crippen molar-refractivity contribution in [3.8, 4) is 0 Å². The molecule has 268 valence electrons. The molecule has 1 rings (SSSR count). The molecule has 0 amide bonds. The second kappa shape index (κ2) is 34.7. The average molecular weight is 631 g/mol. The lowest BCUT2D eigenvalue weighted by molar-refractivity contribution is 0.135. The van der Waals surface area contributed by atoms with E-state index >= 15 is 0 Å². The van der Waals surface area contributed by atoms with Crippen molar-refractivity contribution in [2.45, 2.75) is 252 Å². The Morgan fingerprint density at radius 2 is 0.511 bits per heavy atom. The van der Waals surface area contributed by atoms with Gasteiger partial charge in [-0.15, -0.1) is 0 Å². The molecule has 1 heterocycles. The van der Waals surface area contributed by atoms with Crippen LogP contribution in [0.5, 0.6) is 0 Å². The molecule has 0 bridgehead atoms. The van der Waals surface area contributed by atoms with E-state index in [0.717, 1.165) is 0 Å². The number of hydrogen-bond donors (Lipinski definition) is 0. The minimum atomic E-state index is 0.639. The highest BCUT2D eigenvalue weighted by Crippen LogP contribution is 2.24. The minimum Gasteiger partial charge on any atom is -0.356 e. The first-order chi connectivity index (χ1) is 22.3. The smallest absolute Gasteiger partial charge is 0.101 e. The Bertz CT molecular complexity index is 542. The van der Waals surface area contributed by atoms with Gasteiger partial charge in [-0.25, -0.2) is 0 Å². The third-order valence-corrected chi connectivity index (χ3v) is 10.6. The predicted octanol–water partition coefficient (Wildman–Crippen LogP) is 15.1. The minimum absolute atomic E-state index is 0.639. The molecule has 0 N–H and O–H groups in total. The van der Waals surface area contributed by atoms with Crippen molar-refractivity contribution in [2.75, 3.05) is 13.1 Å². The van der Waals surface area contributed by atoms with E-state index in [-0.39, 0.29) is 0 Å². The van der Waals surface area contributed by atoms with Gasteiger partial charge in [-0.3, -0.25) is 0 Å². The fraction of sp³-hybridized carbons (Fsp3) is 0.953. The molecule has 1 aliphatic rings. The standard InChI is InChI=1S/C43H86N2/c1-4-7-10-13-15-17-19-21-23-25-27-29-31-33-36-39-44-41-42-45(43(44)38-35-12-9-6-3)40-37-34-32-30-28-26-24-22-20-18-16-14-11-8-5-2/h41-43H,4-40H2,1-3H3. The summed E-state index contributed by atoms with van der Waals surface area (Å²) in [5, 5.41) is 0. The number of nitrogens with zero attached hydrogens (tertiary/aromatic N) is 2. The first-order valence-corrected chi connectivity index (χ1v) is 21.5. The molecule has 0 radical (unpaired) electrons. The summed E-state index contributed by atoms with van der Waals surface area (Å²) in [5.41, 5.74) is 0. The molecule has 0 aromatic heterocycles. The summed E-state index contributed by atoms with van der Waals surface area (Å²) < 4.78 is 0. The second-order valence-corrected chi connectivity index (χ2v) is 15.0. The van der Waals surface area contributed by atoms with E-state index in [1.165, 1.54) is 238 Å². The quantitative estimate of drug-likeness (QED) is 0.0630. The molecular weight excluding hydrogens is 544 g/mol. The Kier molecular flexibility index (Phi) is 32.6. The van der Waals surface area contributed by atoms with Crippen molar-refractivity contribution in [2.24, 2.45) is 0 Å². The summed E-state index contributed by atoms with van der Waals surface area (Å²) >= 11 is 0. The van der Waals surface area contributed by atoms with E-state index in [9.17, 15) is 0 Å². The zero-order chi connectivity index (χ0) is 32.3. The predicted molar refractivity (Wildman–Crippen MR) is 205 cm³/mol. The molecule has 45 heavy (non-hydrogen) atoms. The lowest BCUT2D eigenvalue weighted by Gasteiger charge is -2.33. The molecule has 1 aliphatic heterocycles. The lowest BCUT2D eigenvalue weighted by Crippen LogP contribution is -2.39. The molecule has 0 aromatic rings. The highest BCUT2D eigenvalue weighted by atomic mass is 15.4. The molecule has 2 nitrogen and oxygen atoms in total. The van der Waals surface area contributed by atoms with Gasteiger partial charge >= 0.3 is 0 Å². The normalized spacial score (nSPS) is 13.6. The molecular formula is C43H86N2. The average Bonchev–Trinajstić information content (AvgIpc) is 3.44. The maximum absolute atomic E-state index is 2.71. The van der Waals surface area contributed by atoms with Crippen LogP contribution in [0.4, 0.5) is 0 Å². The topological polar surface area (TPSA) is 6.48 Å². The lowest BCUT2D eigenvalue weighted by atomic mass is 10.0. The SMILES string of the molecule is CCCCCCCCCCCCCCCCCN1C=CN(CCCCCCCCCCCCCCCCC)C1CCCCCC. The van der Waals surface area contributed by atoms with E-state index in [0.29, 0.717) is 6.17 Å². The van der Waals surface area contributed by atoms with Crippen LogP contribution in [-0.2, 0) is 0 Å². The van der Waals surface area contributed by atoms with E-state index in [1.807, 2.05) is 0 Å². The van der Waals surface area contributed by atoms with Crippen molar-refractivity contribution >= 4 is 0 Å². The van der Waals surface area contributed by atoms with Crippen molar-refractivity contribution in [3.63, 3.8) is 0 Å². The van der Waals surface area contributed by atoms with E-state index < -0.39 is 0 Å². The van der Waals surface area contributed by atoms with Crippen LogP contribution in [0.2, 0.25) is 0 Å². The van der Waals surface area contributed by atoms with Gasteiger partial charge in [0, 0.05) is 25.5 Å². The van der Waals surface area contributed by atoms with E-state index in [1.54, 1.807) is 0 Å². The Labute approximate surface area is 286 Å². The largest absolute Gasteiger partial charge is 0.356 e. The third-order valence-electron chi connectivity index (χ3n) is 10.6. The molecule has 0 saturated heterocycles. The zero-order valence-corrected chi connectivity index (χ0v) is 31.8. The van der Waals surface area contributed by atoms with Gasteiger partial charge in [0.2, 0.25) is 0 Å². The maximum atomic E-state index is 2.71. The Morgan fingerprint density at radius 1 is 0.289 bits per heavy atom. The molecule has 0 saturated carbocycles. The van der Waals surface area contributed by atoms with Crippen molar-refractivity contribution in [1.82, 2.24) is 9.80 Å². The molecule has 0 spiro atoms. The molecule has 0 atom stereocenters. The first kappa shape index (κ1) is 42.4. The van der Waals surface area contributed by atoms with E-state index in [2.05, 4.69) is 43.0 Å². The monoisotopic (exact) mass is 631 g/mol. The highest BCUT2D eigenvalue weighted by Gasteiger charge is 2.24. The van der Waals surface area contributed by atoms with Crippen LogP contribution in [0.15, 0.2) is 12.4 Å². The summed E-state index contributed by atoms with van der Waals surface area (Å²) in [6.07, 6.45) is 55.9. The van der Waals surface area contributed by atoms with Crippen LogP contribution in [-0.4, -0.2) is 29.1 Å². The molecule has 2 heteroatoms. The van der Waals surface area contributed by atoms with Crippen LogP contribution in [0.1, 0.15) is 245 Å². The number of unbranched alkanes of at least 4 members (excludes halogenated alkanes) is 31. The Morgan fingerprint density at radius 3 is 0.778 bits per heavy atom. The fourth-order valence-electron chi connectivity index (χ4n) is 7.42. The van der Waals surface area contributed by atoms with Gasteiger partial charge in [-0.05, 0) is 25.7 Å². The van der Waals surface area contributed by atoms with Gasteiger partial charge in [-0.1, -0.05) is 220 Å². The van der Waals surface area contributed by atoms with Crippen LogP contribution in [0.25, 0.3) is 0 Å². The van der Waals surface area contributed by atoms with Crippen LogP contribution >= 0.6 is 0 Å². The zero-order valence-electron chi connectivity index (χ0n) is 31.8. The summed E-state index contributed by atoms with van der Waals surface area (Å²) in [4.78, 5) is 5.42. The maximum Gasteiger partial charge on any atom is 0.101 e. The third kappa shape index (κ3) is 27.0. The van der Waals surface area contributed by atoms with Gasteiger partial charge in [0.25, 0.3) is 0 Å². The molecule has 0 unspecified atom stereocenters. The second-order valence-electron chi connectivity index (χ2n) is 15.0.